The van der Waals surface area contributed by atoms with Crippen molar-refractivity contribution in [3.05, 3.63) is 58.1 Å². The van der Waals surface area contributed by atoms with Gasteiger partial charge in [0.25, 0.3) is 5.91 Å². The minimum absolute atomic E-state index is 0.0855. The van der Waals surface area contributed by atoms with E-state index in [-0.39, 0.29) is 16.4 Å². The van der Waals surface area contributed by atoms with Crippen LogP contribution in [0.15, 0.2) is 35.2 Å². The molecule has 0 atom stereocenters. The van der Waals surface area contributed by atoms with E-state index in [4.69, 9.17) is 4.74 Å². The summed E-state index contributed by atoms with van der Waals surface area (Å²) in [6.45, 7) is 10.9. The predicted octanol–water partition coefficient (Wildman–Crippen LogP) is 3.62. The number of carbonyl (C=O) groups is 1. The van der Waals surface area contributed by atoms with Crippen molar-refractivity contribution in [1.29, 1.82) is 0 Å². The summed E-state index contributed by atoms with van der Waals surface area (Å²) in [4.78, 5) is 12.9. The van der Waals surface area contributed by atoms with Crippen molar-refractivity contribution in [3.63, 3.8) is 0 Å². The summed E-state index contributed by atoms with van der Waals surface area (Å²) >= 11 is 0. The van der Waals surface area contributed by atoms with Crippen LogP contribution in [-0.4, -0.2) is 45.4 Å². The van der Waals surface area contributed by atoms with Crippen molar-refractivity contribution in [2.45, 2.75) is 45.9 Å². The highest BCUT2D eigenvalue weighted by atomic mass is 32.2. The van der Waals surface area contributed by atoms with E-state index in [9.17, 15) is 13.2 Å². The number of ether oxygens (including phenoxy) is 1. The van der Waals surface area contributed by atoms with Crippen LogP contribution in [0, 0.1) is 20.8 Å². The summed E-state index contributed by atoms with van der Waals surface area (Å²) in [6, 6.07) is 8.66. The number of aryl methyl sites for hydroxylation is 3. The smallest absolute Gasteiger partial charge is 0.255 e. The van der Waals surface area contributed by atoms with E-state index in [1.54, 1.807) is 13.8 Å². The molecule has 0 saturated heterocycles. The molecular weight excluding hydrogens is 400 g/mol. The van der Waals surface area contributed by atoms with Gasteiger partial charge >= 0.3 is 0 Å². The molecule has 0 fully saturated rings. The summed E-state index contributed by atoms with van der Waals surface area (Å²) < 4.78 is 32.3. The predicted molar refractivity (Wildman–Crippen MR) is 120 cm³/mol. The molecular formula is C23H32N2O4S. The van der Waals surface area contributed by atoms with Crippen molar-refractivity contribution in [3.8, 4) is 5.75 Å². The van der Waals surface area contributed by atoms with Crippen molar-refractivity contribution in [1.82, 2.24) is 9.62 Å². The molecule has 0 unspecified atom stereocenters. The number of hydrogen-bond acceptors (Lipinski definition) is 4. The van der Waals surface area contributed by atoms with Gasteiger partial charge in [-0.3, -0.25) is 4.79 Å². The lowest BCUT2D eigenvalue weighted by Crippen LogP contribution is -2.31. The second-order valence-corrected chi connectivity index (χ2v) is 9.27. The zero-order valence-electron chi connectivity index (χ0n) is 18.7. The van der Waals surface area contributed by atoms with Crippen LogP contribution in [0.2, 0.25) is 0 Å². The third kappa shape index (κ3) is 5.21. The molecule has 7 heteroatoms. The monoisotopic (exact) mass is 432 g/mol. The largest absolute Gasteiger partial charge is 0.496 e. The van der Waals surface area contributed by atoms with Crippen LogP contribution in [0.4, 0.5) is 0 Å². The maximum atomic E-state index is 12.8. The molecule has 30 heavy (non-hydrogen) atoms. The fourth-order valence-corrected chi connectivity index (χ4v) is 5.22. The van der Waals surface area contributed by atoms with Crippen molar-refractivity contribution >= 4 is 15.9 Å². The molecule has 0 radical (unpaired) electrons. The van der Waals surface area contributed by atoms with Gasteiger partial charge in [-0.25, -0.2) is 8.42 Å². The minimum atomic E-state index is -3.66. The van der Waals surface area contributed by atoms with Gasteiger partial charge < -0.3 is 10.1 Å². The van der Waals surface area contributed by atoms with E-state index in [0.717, 1.165) is 0 Å². The third-order valence-electron chi connectivity index (χ3n) is 5.26. The molecule has 2 rings (SSSR count). The SMILES string of the molecule is CCN(CC)S(=O)(=O)c1ccc(OC)c(C(=O)NCCc2c(C)cc(C)cc2C)c1. The number of benzene rings is 2. The van der Waals surface area contributed by atoms with Gasteiger partial charge in [-0.15, -0.1) is 0 Å². The zero-order chi connectivity index (χ0) is 22.5. The molecule has 164 valence electrons. The fraction of sp³-hybridized carbons (Fsp3) is 0.435. The molecule has 0 aliphatic heterocycles. The third-order valence-corrected chi connectivity index (χ3v) is 7.31. The van der Waals surface area contributed by atoms with Crippen LogP contribution < -0.4 is 10.1 Å². The normalized spacial score (nSPS) is 11.6. The highest BCUT2D eigenvalue weighted by Gasteiger charge is 2.24. The van der Waals surface area contributed by atoms with E-state index in [1.165, 1.54) is 51.9 Å². The van der Waals surface area contributed by atoms with Crippen LogP contribution in [0.1, 0.15) is 46.5 Å². The Hall–Kier alpha value is -2.38. The summed E-state index contributed by atoms with van der Waals surface area (Å²) in [5.41, 5.74) is 5.04. The van der Waals surface area contributed by atoms with Gasteiger partial charge in [0.2, 0.25) is 10.0 Å². The Balaban J connectivity index is 2.23. The number of sulfonamides is 1. The number of nitrogens with one attached hydrogen (secondary N) is 1. The Morgan fingerprint density at radius 1 is 1.03 bits per heavy atom. The Morgan fingerprint density at radius 2 is 1.63 bits per heavy atom. The molecule has 0 bridgehead atoms. The lowest BCUT2D eigenvalue weighted by Gasteiger charge is -2.19. The summed E-state index contributed by atoms with van der Waals surface area (Å²) in [7, 11) is -2.20. The Kier molecular flexibility index (Phi) is 8.03. The molecule has 0 spiro atoms. The molecule has 6 nitrogen and oxygen atoms in total. The fourth-order valence-electron chi connectivity index (χ4n) is 3.74. The van der Waals surface area contributed by atoms with Gasteiger partial charge in [-0.2, -0.15) is 4.31 Å². The molecule has 0 saturated carbocycles. The zero-order valence-corrected chi connectivity index (χ0v) is 19.5. The molecule has 2 aromatic carbocycles. The maximum absolute atomic E-state index is 12.8. The van der Waals surface area contributed by atoms with Crippen LogP contribution in [-0.2, 0) is 16.4 Å². The Morgan fingerprint density at radius 3 is 2.17 bits per heavy atom. The van der Waals surface area contributed by atoms with Crippen LogP contribution in [0.25, 0.3) is 0 Å². The van der Waals surface area contributed by atoms with Gasteiger partial charge in [0.1, 0.15) is 5.75 Å². The van der Waals surface area contributed by atoms with Crippen molar-refractivity contribution < 1.29 is 17.9 Å². The maximum Gasteiger partial charge on any atom is 0.255 e. The topological polar surface area (TPSA) is 75.7 Å². The summed E-state index contributed by atoms with van der Waals surface area (Å²) in [5.74, 6) is -0.0143. The molecule has 1 amide bonds. The van der Waals surface area contributed by atoms with Gasteiger partial charge in [0.05, 0.1) is 17.6 Å². The Labute approximate surface area is 180 Å². The van der Waals surface area contributed by atoms with Crippen LogP contribution >= 0.6 is 0 Å². The number of rotatable bonds is 9. The second-order valence-electron chi connectivity index (χ2n) is 7.33. The minimum Gasteiger partial charge on any atom is -0.496 e. The summed E-state index contributed by atoms with van der Waals surface area (Å²) in [5, 5.41) is 2.90. The van der Waals surface area contributed by atoms with E-state index < -0.39 is 10.0 Å². The standard InChI is InChI=1S/C23H32N2O4S/c1-7-25(8-2)30(27,28)19-9-10-22(29-6)21(15-19)23(26)24-12-11-20-17(4)13-16(3)14-18(20)5/h9-10,13-15H,7-8,11-12H2,1-6H3,(H,24,26). The number of carbonyl (C=O) groups excluding carboxylic acids is 1. The van der Waals surface area contributed by atoms with Crippen LogP contribution in [0.5, 0.6) is 5.75 Å². The first-order valence-corrected chi connectivity index (χ1v) is 11.6. The Bertz CT molecular complexity index is 989. The van der Waals surface area contributed by atoms with E-state index in [0.29, 0.717) is 31.8 Å². The number of nitrogens with zero attached hydrogens (tertiary/aromatic N) is 1. The average molecular weight is 433 g/mol. The lowest BCUT2D eigenvalue weighted by atomic mass is 9.97. The van der Waals surface area contributed by atoms with Gasteiger partial charge in [0, 0.05) is 19.6 Å². The highest BCUT2D eigenvalue weighted by molar-refractivity contribution is 7.89. The van der Waals surface area contributed by atoms with E-state index in [1.807, 2.05) is 0 Å². The highest BCUT2D eigenvalue weighted by Crippen LogP contribution is 2.25. The van der Waals surface area contributed by atoms with E-state index in [2.05, 4.69) is 38.2 Å². The van der Waals surface area contributed by atoms with Gasteiger partial charge in [-0.1, -0.05) is 31.5 Å². The number of methoxy groups -OCH3 is 1. The number of hydrogen-bond donors (Lipinski definition) is 1. The van der Waals surface area contributed by atoms with Gasteiger partial charge in [0.15, 0.2) is 0 Å². The van der Waals surface area contributed by atoms with Crippen molar-refractivity contribution in [2.75, 3.05) is 26.7 Å². The molecule has 0 aliphatic rings. The molecule has 2 aromatic rings. The lowest BCUT2D eigenvalue weighted by molar-refractivity contribution is 0.0951. The summed E-state index contributed by atoms with van der Waals surface area (Å²) in [6.07, 6.45) is 0.698. The quantitative estimate of drug-likeness (QED) is 0.657. The molecule has 0 aromatic heterocycles. The molecule has 0 heterocycles. The first kappa shape index (κ1) is 23.9. The molecule has 0 aliphatic carbocycles. The van der Waals surface area contributed by atoms with Crippen LogP contribution in [0.3, 0.4) is 0 Å². The van der Waals surface area contributed by atoms with Crippen molar-refractivity contribution in [2.24, 2.45) is 0 Å². The van der Waals surface area contributed by atoms with Gasteiger partial charge in [-0.05, 0) is 62.1 Å². The number of amides is 1. The molecule has 1 N–H and O–H groups in total. The second kappa shape index (κ2) is 10.1. The van der Waals surface area contributed by atoms with E-state index >= 15 is 0 Å². The average Bonchev–Trinajstić information content (AvgIpc) is 2.69. The first-order chi connectivity index (χ1) is 14.1. The first-order valence-electron chi connectivity index (χ1n) is 10.2.